The normalized spacial score (nSPS) is 16.5. The monoisotopic (exact) mass is 312 g/mol. The number of nitrogens with zero attached hydrogens (tertiary/aromatic N) is 2. The molecule has 0 aromatic rings. The first kappa shape index (κ1) is 21.9. The second kappa shape index (κ2) is 12.4. The molecule has 0 heterocycles. The lowest BCUT2D eigenvalue weighted by Crippen LogP contribution is -2.45. The van der Waals surface area contributed by atoms with Crippen LogP contribution >= 0.6 is 0 Å². The van der Waals surface area contributed by atoms with Gasteiger partial charge in [-0.15, -0.1) is 0 Å². The molecule has 0 saturated carbocycles. The molecule has 0 spiro atoms. The predicted octanol–water partition coefficient (Wildman–Crippen LogP) is 5.83. The highest BCUT2D eigenvalue weighted by molar-refractivity contribution is 4.70. The van der Waals surface area contributed by atoms with E-state index in [0.29, 0.717) is 6.04 Å². The summed E-state index contributed by atoms with van der Waals surface area (Å²) < 4.78 is 0. The van der Waals surface area contributed by atoms with Crippen LogP contribution in [-0.4, -0.2) is 36.7 Å². The molecule has 0 radical (unpaired) electrons. The zero-order chi connectivity index (χ0) is 17.1. The fraction of sp³-hybridized carbons (Fsp3) is 1.00. The lowest BCUT2D eigenvalue weighted by Gasteiger charge is -2.36. The van der Waals surface area contributed by atoms with Crippen molar-refractivity contribution in [1.82, 2.24) is 10.0 Å². The van der Waals surface area contributed by atoms with Crippen molar-refractivity contribution in [3.05, 3.63) is 0 Å². The second-order valence-electron chi connectivity index (χ2n) is 7.85. The molecule has 2 nitrogen and oxygen atoms in total. The van der Waals surface area contributed by atoms with Gasteiger partial charge in [0.15, 0.2) is 0 Å². The minimum absolute atomic E-state index is 0.694. The van der Waals surface area contributed by atoms with Crippen molar-refractivity contribution >= 4 is 0 Å². The Balaban J connectivity index is 4.34. The summed E-state index contributed by atoms with van der Waals surface area (Å²) in [5.74, 6) is 2.54. The molecule has 0 aromatic carbocycles. The van der Waals surface area contributed by atoms with Gasteiger partial charge in [-0.3, -0.25) is 0 Å². The minimum Gasteiger partial charge on any atom is -0.245 e. The van der Waals surface area contributed by atoms with Gasteiger partial charge in [0.2, 0.25) is 0 Å². The summed E-state index contributed by atoms with van der Waals surface area (Å²) in [5.41, 5.74) is 0. The fourth-order valence-corrected chi connectivity index (χ4v) is 3.69. The van der Waals surface area contributed by atoms with E-state index >= 15 is 0 Å². The maximum atomic E-state index is 2.49. The average molecular weight is 313 g/mol. The Morgan fingerprint density at radius 2 is 1.45 bits per heavy atom. The van der Waals surface area contributed by atoms with Gasteiger partial charge in [0, 0.05) is 26.7 Å². The van der Waals surface area contributed by atoms with E-state index in [2.05, 4.69) is 65.7 Å². The summed E-state index contributed by atoms with van der Waals surface area (Å²) in [7, 11) is 4.51. The molecule has 0 amide bonds. The van der Waals surface area contributed by atoms with Gasteiger partial charge < -0.3 is 0 Å². The third-order valence-corrected chi connectivity index (χ3v) is 5.17. The van der Waals surface area contributed by atoms with Crippen LogP contribution in [0.1, 0.15) is 86.5 Å². The van der Waals surface area contributed by atoms with Gasteiger partial charge in [-0.05, 0) is 43.4 Å². The molecule has 0 saturated heterocycles. The molecule has 0 rings (SSSR count). The molecule has 22 heavy (non-hydrogen) atoms. The molecule has 0 bridgehead atoms. The first-order valence-corrected chi connectivity index (χ1v) is 9.79. The van der Waals surface area contributed by atoms with Crippen LogP contribution in [-0.2, 0) is 0 Å². The molecule has 0 aliphatic heterocycles. The molecule has 3 atom stereocenters. The Labute approximate surface area is 141 Å². The summed E-state index contributed by atoms with van der Waals surface area (Å²) in [6.07, 6.45) is 9.47. The van der Waals surface area contributed by atoms with E-state index in [0.717, 1.165) is 24.3 Å². The van der Waals surface area contributed by atoms with Crippen molar-refractivity contribution < 1.29 is 0 Å². The van der Waals surface area contributed by atoms with Gasteiger partial charge in [-0.1, -0.05) is 60.8 Å². The van der Waals surface area contributed by atoms with E-state index in [4.69, 9.17) is 0 Å². The molecule has 0 aliphatic rings. The second-order valence-corrected chi connectivity index (χ2v) is 7.85. The molecule has 3 unspecified atom stereocenters. The van der Waals surface area contributed by atoms with Gasteiger partial charge in [-0.2, -0.15) is 0 Å². The number of hydrazine groups is 1. The first-order chi connectivity index (χ1) is 10.3. The maximum absolute atomic E-state index is 2.49. The van der Waals surface area contributed by atoms with Gasteiger partial charge >= 0.3 is 0 Å². The summed E-state index contributed by atoms with van der Waals surface area (Å²) in [4.78, 5) is 0. The topological polar surface area (TPSA) is 6.48 Å². The summed E-state index contributed by atoms with van der Waals surface area (Å²) in [5, 5.41) is 4.90. The van der Waals surface area contributed by atoms with Crippen molar-refractivity contribution in [2.75, 3.05) is 20.6 Å². The number of hydrogen-bond acceptors (Lipinski definition) is 2. The Morgan fingerprint density at radius 3 is 1.91 bits per heavy atom. The third kappa shape index (κ3) is 9.15. The lowest BCUT2D eigenvalue weighted by atomic mass is 9.86. The summed E-state index contributed by atoms with van der Waals surface area (Å²) >= 11 is 0. The predicted molar refractivity (Wildman–Crippen MR) is 101 cm³/mol. The third-order valence-electron chi connectivity index (χ3n) is 5.17. The van der Waals surface area contributed by atoms with Gasteiger partial charge in [-0.25, -0.2) is 10.0 Å². The highest BCUT2D eigenvalue weighted by Gasteiger charge is 2.19. The van der Waals surface area contributed by atoms with Crippen LogP contribution in [0, 0.1) is 17.8 Å². The van der Waals surface area contributed by atoms with E-state index in [1.165, 1.54) is 44.9 Å². The smallest absolute Gasteiger partial charge is 0.0240 e. The van der Waals surface area contributed by atoms with E-state index in [1.54, 1.807) is 0 Å². The Bertz CT molecular complexity index is 252. The zero-order valence-corrected chi connectivity index (χ0v) is 16.9. The van der Waals surface area contributed by atoms with E-state index in [-0.39, 0.29) is 0 Å². The fourth-order valence-electron chi connectivity index (χ4n) is 3.69. The van der Waals surface area contributed by atoms with Crippen molar-refractivity contribution in [3.8, 4) is 0 Å². The van der Waals surface area contributed by atoms with Crippen molar-refractivity contribution in [3.63, 3.8) is 0 Å². The van der Waals surface area contributed by atoms with Gasteiger partial charge in [0.1, 0.15) is 0 Å². The van der Waals surface area contributed by atoms with Gasteiger partial charge in [0.25, 0.3) is 0 Å². The van der Waals surface area contributed by atoms with Crippen LogP contribution in [0.2, 0.25) is 0 Å². The van der Waals surface area contributed by atoms with Crippen LogP contribution in [0.15, 0.2) is 0 Å². The molecule has 0 aliphatic carbocycles. The van der Waals surface area contributed by atoms with Gasteiger partial charge in [0.05, 0.1) is 0 Å². The largest absolute Gasteiger partial charge is 0.245 e. The Hall–Kier alpha value is -0.0800. The average Bonchev–Trinajstić information content (AvgIpc) is 2.45. The van der Waals surface area contributed by atoms with Crippen LogP contribution < -0.4 is 0 Å². The maximum Gasteiger partial charge on any atom is 0.0240 e. The van der Waals surface area contributed by atoms with Crippen LogP contribution in [0.25, 0.3) is 0 Å². The quantitative estimate of drug-likeness (QED) is 0.395. The van der Waals surface area contributed by atoms with Crippen molar-refractivity contribution in [1.29, 1.82) is 0 Å². The molecule has 2 heteroatoms. The van der Waals surface area contributed by atoms with Crippen molar-refractivity contribution in [2.45, 2.75) is 92.5 Å². The molecular weight excluding hydrogens is 268 g/mol. The number of hydrogen-bond donors (Lipinski definition) is 0. The van der Waals surface area contributed by atoms with Crippen molar-refractivity contribution in [2.24, 2.45) is 17.8 Å². The van der Waals surface area contributed by atoms with Crippen LogP contribution in [0.3, 0.4) is 0 Å². The highest BCUT2D eigenvalue weighted by atomic mass is 15.6. The number of rotatable bonds is 13. The molecule has 134 valence electrons. The van der Waals surface area contributed by atoms with E-state index in [9.17, 15) is 0 Å². The summed E-state index contributed by atoms with van der Waals surface area (Å²) in [6.45, 7) is 15.2. The molecular formula is C20H44N2. The summed E-state index contributed by atoms with van der Waals surface area (Å²) in [6, 6.07) is 0.694. The molecule has 0 N–H and O–H groups in total. The SMILES string of the molecule is CCCC(C)CC(CC)CCC(CC)N(C)N(C)CC(C)C. The zero-order valence-electron chi connectivity index (χ0n) is 16.9. The first-order valence-electron chi connectivity index (χ1n) is 9.79. The molecule has 0 aromatic heterocycles. The van der Waals surface area contributed by atoms with Crippen LogP contribution in [0.5, 0.6) is 0 Å². The molecule has 0 fully saturated rings. The minimum atomic E-state index is 0.694. The highest BCUT2D eigenvalue weighted by Crippen LogP contribution is 2.25. The van der Waals surface area contributed by atoms with E-state index in [1.807, 2.05) is 0 Å². The Kier molecular flexibility index (Phi) is 12.3. The Morgan fingerprint density at radius 1 is 0.818 bits per heavy atom. The van der Waals surface area contributed by atoms with Crippen LogP contribution in [0.4, 0.5) is 0 Å². The standard InChI is InChI=1S/C20H44N2/c1-9-12-18(6)15-19(10-2)13-14-20(11-3)22(8)21(7)16-17(4)5/h17-20H,9-16H2,1-8H3. The van der Waals surface area contributed by atoms with E-state index < -0.39 is 0 Å². The lowest BCUT2D eigenvalue weighted by molar-refractivity contribution is -0.0285.